The Labute approximate surface area is 83.9 Å². The SMILES string of the molecule is COCCCNc1cccc(Cl)c1. The van der Waals surface area contributed by atoms with Gasteiger partial charge in [-0.2, -0.15) is 0 Å². The predicted molar refractivity (Wildman–Crippen MR) is 56.4 cm³/mol. The van der Waals surface area contributed by atoms with E-state index in [1.54, 1.807) is 7.11 Å². The Morgan fingerprint density at radius 2 is 2.31 bits per heavy atom. The van der Waals surface area contributed by atoms with E-state index in [0.717, 1.165) is 30.3 Å². The number of rotatable bonds is 5. The number of nitrogens with one attached hydrogen (secondary N) is 1. The van der Waals surface area contributed by atoms with Crippen LogP contribution in [0.1, 0.15) is 6.42 Å². The summed E-state index contributed by atoms with van der Waals surface area (Å²) in [4.78, 5) is 0. The number of halogens is 1. The molecule has 72 valence electrons. The van der Waals surface area contributed by atoms with Gasteiger partial charge < -0.3 is 10.1 Å². The molecule has 0 aliphatic carbocycles. The van der Waals surface area contributed by atoms with E-state index in [1.807, 2.05) is 24.3 Å². The summed E-state index contributed by atoms with van der Waals surface area (Å²) >= 11 is 5.82. The molecular weight excluding hydrogens is 186 g/mol. The Morgan fingerprint density at radius 3 is 3.00 bits per heavy atom. The van der Waals surface area contributed by atoms with Gasteiger partial charge in [-0.1, -0.05) is 17.7 Å². The van der Waals surface area contributed by atoms with Crippen LogP contribution in [0, 0.1) is 0 Å². The van der Waals surface area contributed by atoms with Crippen molar-refractivity contribution in [2.24, 2.45) is 0 Å². The Bertz CT molecular complexity index is 252. The zero-order valence-corrected chi connectivity index (χ0v) is 8.47. The molecule has 0 amide bonds. The van der Waals surface area contributed by atoms with Gasteiger partial charge >= 0.3 is 0 Å². The summed E-state index contributed by atoms with van der Waals surface area (Å²) < 4.78 is 4.94. The van der Waals surface area contributed by atoms with Crippen molar-refractivity contribution < 1.29 is 4.74 Å². The van der Waals surface area contributed by atoms with Crippen LogP contribution in [0.25, 0.3) is 0 Å². The van der Waals surface area contributed by atoms with E-state index >= 15 is 0 Å². The fourth-order valence-corrected chi connectivity index (χ4v) is 1.24. The van der Waals surface area contributed by atoms with Crippen molar-refractivity contribution >= 4 is 17.3 Å². The topological polar surface area (TPSA) is 21.3 Å². The molecule has 1 rings (SSSR count). The monoisotopic (exact) mass is 199 g/mol. The molecule has 0 aliphatic heterocycles. The number of hydrogen-bond donors (Lipinski definition) is 1. The van der Waals surface area contributed by atoms with Crippen LogP contribution < -0.4 is 5.32 Å². The summed E-state index contributed by atoms with van der Waals surface area (Å²) in [5.41, 5.74) is 1.06. The highest BCUT2D eigenvalue weighted by Gasteiger charge is 1.92. The number of ether oxygens (including phenoxy) is 1. The normalized spacial score (nSPS) is 10.0. The zero-order chi connectivity index (χ0) is 9.52. The van der Waals surface area contributed by atoms with E-state index in [9.17, 15) is 0 Å². The van der Waals surface area contributed by atoms with Crippen molar-refractivity contribution in [2.75, 3.05) is 25.6 Å². The van der Waals surface area contributed by atoms with E-state index in [-0.39, 0.29) is 0 Å². The lowest BCUT2D eigenvalue weighted by atomic mass is 10.3. The van der Waals surface area contributed by atoms with Gasteiger partial charge in [0.15, 0.2) is 0 Å². The average molecular weight is 200 g/mol. The molecule has 1 aromatic rings. The second-order valence-corrected chi connectivity index (χ2v) is 3.22. The summed E-state index contributed by atoms with van der Waals surface area (Å²) in [6.45, 7) is 1.70. The molecule has 0 saturated heterocycles. The first-order chi connectivity index (χ1) is 6.33. The van der Waals surface area contributed by atoms with E-state index in [4.69, 9.17) is 16.3 Å². The number of methoxy groups -OCH3 is 1. The molecule has 0 unspecified atom stereocenters. The molecule has 0 aromatic heterocycles. The van der Waals surface area contributed by atoms with Gasteiger partial charge in [0.25, 0.3) is 0 Å². The first kappa shape index (κ1) is 10.4. The van der Waals surface area contributed by atoms with E-state index in [1.165, 1.54) is 0 Å². The highest BCUT2D eigenvalue weighted by molar-refractivity contribution is 6.30. The van der Waals surface area contributed by atoms with Crippen molar-refractivity contribution in [2.45, 2.75) is 6.42 Å². The molecule has 2 nitrogen and oxygen atoms in total. The summed E-state index contributed by atoms with van der Waals surface area (Å²) in [5.74, 6) is 0. The third-order valence-corrected chi connectivity index (χ3v) is 1.91. The molecule has 1 aromatic carbocycles. The van der Waals surface area contributed by atoms with Gasteiger partial charge in [0.1, 0.15) is 0 Å². The van der Waals surface area contributed by atoms with Crippen LogP contribution in [0.5, 0.6) is 0 Å². The van der Waals surface area contributed by atoms with Crippen molar-refractivity contribution in [1.29, 1.82) is 0 Å². The Morgan fingerprint density at radius 1 is 1.46 bits per heavy atom. The number of hydrogen-bond acceptors (Lipinski definition) is 2. The predicted octanol–water partition coefficient (Wildman–Crippen LogP) is 2.79. The lowest BCUT2D eigenvalue weighted by molar-refractivity contribution is 0.198. The highest BCUT2D eigenvalue weighted by atomic mass is 35.5. The van der Waals surface area contributed by atoms with Crippen LogP contribution in [-0.4, -0.2) is 20.3 Å². The van der Waals surface area contributed by atoms with Crippen LogP contribution in [0.4, 0.5) is 5.69 Å². The largest absolute Gasteiger partial charge is 0.385 e. The van der Waals surface area contributed by atoms with Crippen LogP contribution in [0.2, 0.25) is 5.02 Å². The third-order valence-electron chi connectivity index (χ3n) is 1.68. The molecule has 0 atom stereocenters. The van der Waals surface area contributed by atoms with Crippen LogP contribution >= 0.6 is 11.6 Å². The second kappa shape index (κ2) is 5.84. The first-order valence-electron chi connectivity index (χ1n) is 4.31. The molecule has 3 heteroatoms. The molecule has 0 aliphatic rings. The Balaban J connectivity index is 2.28. The van der Waals surface area contributed by atoms with E-state index < -0.39 is 0 Å². The molecule has 0 heterocycles. The van der Waals surface area contributed by atoms with E-state index in [2.05, 4.69) is 5.32 Å². The quantitative estimate of drug-likeness (QED) is 0.737. The lowest BCUT2D eigenvalue weighted by Gasteiger charge is -2.05. The molecule has 1 N–H and O–H groups in total. The summed E-state index contributed by atoms with van der Waals surface area (Å²) in [5, 5.41) is 4.02. The van der Waals surface area contributed by atoms with Gasteiger partial charge in [-0.05, 0) is 24.6 Å². The molecule has 0 bridgehead atoms. The minimum Gasteiger partial charge on any atom is -0.385 e. The summed E-state index contributed by atoms with van der Waals surface area (Å²) in [6.07, 6.45) is 1.00. The van der Waals surface area contributed by atoms with Crippen LogP contribution in [-0.2, 0) is 4.74 Å². The molecule has 0 radical (unpaired) electrons. The lowest BCUT2D eigenvalue weighted by Crippen LogP contribution is -2.04. The van der Waals surface area contributed by atoms with Crippen molar-refractivity contribution in [3.8, 4) is 0 Å². The maximum Gasteiger partial charge on any atom is 0.0479 e. The maximum absolute atomic E-state index is 5.82. The minimum atomic E-state index is 0.761. The van der Waals surface area contributed by atoms with Crippen molar-refractivity contribution in [1.82, 2.24) is 0 Å². The van der Waals surface area contributed by atoms with Crippen LogP contribution in [0.15, 0.2) is 24.3 Å². The summed E-state index contributed by atoms with van der Waals surface area (Å²) in [7, 11) is 1.71. The smallest absolute Gasteiger partial charge is 0.0479 e. The molecule has 0 spiro atoms. The highest BCUT2D eigenvalue weighted by Crippen LogP contribution is 2.14. The fraction of sp³-hybridized carbons (Fsp3) is 0.400. The van der Waals surface area contributed by atoms with Crippen LogP contribution in [0.3, 0.4) is 0 Å². The molecule has 0 fully saturated rings. The second-order valence-electron chi connectivity index (χ2n) is 2.78. The third kappa shape index (κ3) is 4.15. The number of benzene rings is 1. The van der Waals surface area contributed by atoms with Gasteiger partial charge in [-0.3, -0.25) is 0 Å². The van der Waals surface area contributed by atoms with Gasteiger partial charge in [-0.15, -0.1) is 0 Å². The van der Waals surface area contributed by atoms with Gasteiger partial charge in [0, 0.05) is 31.0 Å². The molecular formula is C10H14ClNO. The summed E-state index contributed by atoms with van der Waals surface area (Å²) in [6, 6.07) is 7.70. The van der Waals surface area contributed by atoms with Crippen molar-refractivity contribution in [3.63, 3.8) is 0 Å². The van der Waals surface area contributed by atoms with Gasteiger partial charge in [0.05, 0.1) is 0 Å². The Hall–Kier alpha value is -0.730. The van der Waals surface area contributed by atoms with Crippen molar-refractivity contribution in [3.05, 3.63) is 29.3 Å². The standard InChI is InChI=1S/C10H14ClNO/c1-13-7-3-6-12-10-5-2-4-9(11)8-10/h2,4-5,8,12H,3,6-7H2,1H3. The maximum atomic E-state index is 5.82. The zero-order valence-electron chi connectivity index (χ0n) is 7.72. The van der Waals surface area contributed by atoms with Gasteiger partial charge in [0.2, 0.25) is 0 Å². The van der Waals surface area contributed by atoms with Gasteiger partial charge in [-0.25, -0.2) is 0 Å². The fourth-order valence-electron chi connectivity index (χ4n) is 1.05. The number of anilines is 1. The minimum absolute atomic E-state index is 0.761. The van der Waals surface area contributed by atoms with E-state index in [0.29, 0.717) is 0 Å². The molecule has 13 heavy (non-hydrogen) atoms. The molecule has 0 saturated carbocycles. The Kier molecular flexibility index (Phi) is 4.65. The average Bonchev–Trinajstić information content (AvgIpc) is 2.13. The first-order valence-corrected chi connectivity index (χ1v) is 4.69.